The number of hydrogen-bond acceptors (Lipinski definition) is 6. The zero-order valence-electron chi connectivity index (χ0n) is 14.5. The molecule has 0 saturated heterocycles. The third-order valence-electron chi connectivity index (χ3n) is 4.26. The Kier molecular flexibility index (Phi) is 4.86. The number of sulfonamides is 1. The fourth-order valence-corrected chi connectivity index (χ4v) is 3.94. The summed E-state index contributed by atoms with van der Waals surface area (Å²) in [5.74, 6) is -0.976. The first kappa shape index (κ1) is 18.2. The molecule has 0 bridgehead atoms. The van der Waals surface area contributed by atoms with Gasteiger partial charge in [-0.05, 0) is 49.6 Å². The number of ketones is 1. The minimum atomic E-state index is -3.35. The summed E-state index contributed by atoms with van der Waals surface area (Å²) in [5.41, 5.74) is 2.40. The minimum absolute atomic E-state index is 0.0760. The van der Waals surface area contributed by atoms with Crippen LogP contribution >= 0.6 is 0 Å². The standard InChI is InChI=1S/C18H19NO6S/c1-12-7-9-24-17(12)18(21)25-11-16(20)14-5-6-15-13(10-14)4-3-8-19(15)26(2,22)23/h5-7,9-10H,3-4,8,11H2,1-2H3. The van der Waals surface area contributed by atoms with Gasteiger partial charge in [0.1, 0.15) is 0 Å². The van der Waals surface area contributed by atoms with E-state index in [0.717, 1.165) is 11.8 Å². The van der Waals surface area contributed by atoms with Gasteiger partial charge in [-0.1, -0.05) is 0 Å². The third-order valence-corrected chi connectivity index (χ3v) is 5.44. The van der Waals surface area contributed by atoms with Crippen molar-refractivity contribution in [3.05, 3.63) is 53.0 Å². The van der Waals surface area contributed by atoms with E-state index < -0.39 is 22.6 Å². The van der Waals surface area contributed by atoms with Crippen LogP contribution in [0.4, 0.5) is 5.69 Å². The van der Waals surface area contributed by atoms with Crippen LogP contribution in [0.25, 0.3) is 0 Å². The van der Waals surface area contributed by atoms with Gasteiger partial charge in [0, 0.05) is 17.7 Å². The van der Waals surface area contributed by atoms with E-state index in [-0.39, 0.29) is 11.5 Å². The number of furan rings is 1. The highest BCUT2D eigenvalue weighted by Crippen LogP contribution is 2.30. The molecule has 3 rings (SSSR count). The molecule has 1 aliphatic heterocycles. The van der Waals surface area contributed by atoms with Crippen molar-refractivity contribution in [3.63, 3.8) is 0 Å². The van der Waals surface area contributed by atoms with E-state index in [2.05, 4.69) is 0 Å². The van der Waals surface area contributed by atoms with Gasteiger partial charge in [0.05, 0.1) is 18.2 Å². The van der Waals surface area contributed by atoms with Crippen molar-refractivity contribution in [1.82, 2.24) is 0 Å². The highest BCUT2D eigenvalue weighted by atomic mass is 32.2. The van der Waals surface area contributed by atoms with Crippen molar-refractivity contribution in [1.29, 1.82) is 0 Å². The number of esters is 1. The summed E-state index contributed by atoms with van der Waals surface area (Å²) in [4.78, 5) is 24.2. The number of nitrogens with zero attached hydrogens (tertiary/aromatic N) is 1. The smallest absolute Gasteiger partial charge is 0.374 e. The van der Waals surface area contributed by atoms with Crippen LogP contribution in [0.1, 0.15) is 38.5 Å². The molecule has 0 fully saturated rings. The van der Waals surface area contributed by atoms with E-state index in [1.807, 2.05) is 0 Å². The average molecular weight is 377 g/mol. The van der Waals surface area contributed by atoms with E-state index in [9.17, 15) is 18.0 Å². The molecule has 0 spiro atoms. The second-order valence-electron chi connectivity index (χ2n) is 6.21. The van der Waals surface area contributed by atoms with Crippen molar-refractivity contribution in [2.75, 3.05) is 23.7 Å². The van der Waals surface area contributed by atoms with Crippen molar-refractivity contribution in [3.8, 4) is 0 Å². The lowest BCUT2D eigenvalue weighted by Gasteiger charge is -2.29. The fourth-order valence-electron chi connectivity index (χ4n) is 2.94. The number of aryl methyl sites for hydroxylation is 2. The number of rotatable bonds is 5. The van der Waals surface area contributed by atoms with Gasteiger partial charge < -0.3 is 9.15 Å². The molecule has 0 amide bonds. The highest BCUT2D eigenvalue weighted by molar-refractivity contribution is 7.92. The molecule has 26 heavy (non-hydrogen) atoms. The van der Waals surface area contributed by atoms with Gasteiger partial charge in [-0.3, -0.25) is 9.10 Å². The molecule has 8 heteroatoms. The van der Waals surface area contributed by atoms with Gasteiger partial charge >= 0.3 is 5.97 Å². The maximum Gasteiger partial charge on any atom is 0.374 e. The second kappa shape index (κ2) is 6.95. The topological polar surface area (TPSA) is 93.9 Å². The Morgan fingerprint density at radius 2 is 2.04 bits per heavy atom. The number of carbonyl (C=O) groups is 2. The molecule has 1 aliphatic rings. The molecule has 0 radical (unpaired) electrons. The number of carbonyl (C=O) groups excluding carboxylic acids is 2. The predicted molar refractivity (Wildman–Crippen MR) is 95.0 cm³/mol. The Labute approximate surface area is 151 Å². The lowest BCUT2D eigenvalue weighted by Crippen LogP contribution is -2.34. The molecule has 138 valence electrons. The van der Waals surface area contributed by atoms with Crippen LogP contribution in [0, 0.1) is 6.92 Å². The zero-order valence-corrected chi connectivity index (χ0v) is 15.3. The van der Waals surface area contributed by atoms with Crippen molar-refractivity contribution >= 4 is 27.5 Å². The minimum Gasteiger partial charge on any atom is -0.457 e. The van der Waals surface area contributed by atoms with Crippen molar-refractivity contribution in [2.24, 2.45) is 0 Å². The van der Waals surface area contributed by atoms with E-state index in [1.165, 1.54) is 10.6 Å². The first-order valence-electron chi connectivity index (χ1n) is 8.12. The Hall–Kier alpha value is -2.61. The van der Waals surface area contributed by atoms with Crippen LogP contribution in [0.15, 0.2) is 34.9 Å². The molecule has 0 aliphatic carbocycles. The van der Waals surface area contributed by atoms with Crippen LogP contribution in [0.3, 0.4) is 0 Å². The van der Waals surface area contributed by atoms with E-state index in [1.54, 1.807) is 31.2 Å². The summed E-state index contributed by atoms with van der Waals surface area (Å²) in [6, 6.07) is 6.48. The Balaban J connectivity index is 1.73. The number of Topliss-reactive ketones (excluding diaryl/α,β-unsaturated/α-hetero) is 1. The maximum absolute atomic E-state index is 12.3. The highest BCUT2D eigenvalue weighted by Gasteiger charge is 2.25. The fraction of sp³-hybridized carbons (Fsp3) is 0.333. The average Bonchev–Trinajstić information content (AvgIpc) is 3.03. The monoisotopic (exact) mass is 377 g/mol. The van der Waals surface area contributed by atoms with E-state index in [0.29, 0.717) is 36.2 Å². The zero-order chi connectivity index (χ0) is 18.9. The Morgan fingerprint density at radius 1 is 1.27 bits per heavy atom. The summed E-state index contributed by atoms with van der Waals surface area (Å²) < 4.78 is 35.2. The van der Waals surface area contributed by atoms with E-state index >= 15 is 0 Å². The maximum atomic E-state index is 12.3. The quantitative estimate of drug-likeness (QED) is 0.586. The normalized spacial score (nSPS) is 14.0. The summed E-state index contributed by atoms with van der Waals surface area (Å²) in [6.45, 7) is 1.73. The molecular formula is C18H19NO6S. The van der Waals surface area contributed by atoms with Crippen LogP contribution in [0.2, 0.25) is 0 Å². The van der Waals surface area contributed by atoms with Gasteiger partial charge in [0.2, 0.25) is 15.8 Å². The lowest BCUT2D eigenvalue weighted by atomic mass is 9.99. The molecule has 0 saturated carbocycles. The van der Waals surface area contributed by atoms with Gasteiger partial charge in [-0.15, -0.1) is 0 Å². The van der Waals surface area contributed by atoms with Gasteiger partial charge in [0.15, 0.2) is 12.4 Å². The Bertz CT molecular complexity index is 960. The van der Waals surface area contributed by atoms with Crippen LogP contribution in [-0.2, 0) is 21.2 Å². The number of fused-ring (bicyclic) bond motifs is 1. The first-order valence-corrected chi connectivity index (χ1v) is 9.97. The number of hydrogen-bond donors (Lipinski definition) is 0. The lowest BCUT2D eigenvalue weighted by molar-refractivity contribution is 0.0443. The summed E-state index contributed by atoms with van der Waals surface area (Å²) >= 11 is 0. The van der Waals surface area contributed by atoms with Crippen molar-refractivity contribution in [2.45, 2.75) is 19.8 Å². The summed E-state index contributed by atoms with van der Waals surface area (Å²) in [5, 5.41) is 0. The van der Waals surface area contributed by atoms with Gasteiger partial charge in [-0.2, -0.15) is 0 Å². The SMILES string of the molecule is Cc1ccoc1C(=O)OCC(=O)c1ccc2c(c1)CCCN2S(C)(=O)=O. The van der Waals surface area contributed by atoms with Gasteiger partial charge in [0.25, 0.3) is 0 Å². The summed E-state index contributed by atoms with van der Waals surface area (Å²) in [7, 11) is -3.35. The predicted octanol–water partition coefficient (Wildman–Crippen LogP) is 2.34. The second-order valence-corrected chi connectivity index (χ2v) is 8.12. The third kappa shape index (κ3) is 3.65. The van der Waals surface area contributed by atoms with Crippen LogP contribution < -0.4 is 4.31 Å². The molecule has 0 N–H and O–H groups in total. The van der Waals surface area contributed by atoms with E-state index in [4.69, 9.17) is 9.15 Å². The molecule has 1 aromatic carbocycles. The molecule has 7 nitrogen and oxygen atoms in total. The van der Waals surface area contributed by atoms with Crippen LogP contribution in [-0.4, -0.2) is 39.6 Å². The first-order chi connectivity index (χ1) is 12.3. The molecule has 2 aromatic rings. The molecule has 0 unspecified atom stereocenters. The van der Waals surface area contributed by atoms with Gasteiger partial charge in [-0.25, -0.2) is 13.2 Å². The van der Waals surface area contributed by atoms with Crippen LogP contribution in [0.5, 0.6) is 0 Å². The Morgan fingerprint density at radius 3 is 2.69 bits per heavy atom. The summed E-state index contributed by atoms with van der Waals surface area (Å²) in [6.07, 6.45) is 3.92. The molecule has 1 aromatic heterocycles. The largest absolute Gasteiger partial charge is 0.457 e. The molecule has 0 atom stereocenters. The van der Waals surface area contributed by atoms with Crippen molar-refractivity contribution < 1.29 is 27.2 Å². The molecule has 2 heterocycles. The number of anilines is 1. The molecular weight excluding hydrogens is 358 g/mol. The number of ether oxygens (including phenoxy) is 1. The number of benzene rings is 1.